The molecular weight excluding hydrogens is 292 g/mol. The molecule has 0 heterocycles. The van der Waals surface area contributed by atoms with E-state index in [-0.39, 0.29) is 12.6 Å². The van der Waals surface area contributed by atoms with E-state index >= 15 is 0 Å². The molecule has 126 valence electrons. The Labute approximate surface area is 137 Å². The summed E-state index contributed by atoms with van der Waals surface area (Å²) in [5, 5.41) is 14.7. The van der Waals surface area contributed by atoms with Crippen LogP contribution < -0.4 is 10.6 Å². The van der Waals surface area contributed by atoms with Crippen LogP contribution in [0.15, 0.2) is 24.3 Å². The first kappa shape index (κ1) is 17.5. The molecule has 0 spiro atoms. The van der Waals surface area contributed by atoms with E-state index in [4.69, 9.17) is 0 Å². The van der Waals surface area contributed by atoms with Crippen LogP contribution in [0.1, 0.15) is 44.1 Å². The number of rotatable bonds is 5. The third kappa shape index (κ3) is 5.36. The van der Waals surface area contributed by atoms with E-state index in [0.717, 1.165) is 31.2 Å². The second-order valence-corrected chi connectivity index (χ2v) is 6.31. The van der Waals surface area contributed by atoms with Crippen LogP contribution in [0.4, 0.5) is 5.69 Å². The SMILES string of the molecule is Cc1cccc(NC(=O)C(=O)NC(CCO)C2CCCCC2)c1. The van der Waals surface area contributed by atoms with Gasteiger partial charge in [0.1, 0.15) is 0 Å². The van der Waals surface area contributed by atoms with Gasteiger partial charge in [-0.05, 0) is 49.8 Å². The van der Waals surface area contributed by atoms with Gasteiger partial charge in [-0.25, -0.2) is 0 Å². The average Bonchev–Trinajstić information content (AvgIpc) is 2.55. The molecule has 2 rings (SSSR count). The fourth-order valence-corrected chi connectivity index (χ4v) is 3.25. The van der Waals surface area contributed by atoms with Crippen molar-refractivity contribution in [2.45, 2.75) is 51.5 Å². The number of aliphatic hydroxyl groups excluding tert-OH is 1. The van der Waals surface area contributed by atoms with Crippen LogP contribution in [-0.4, -0.2) is 29.6 Å². The van der Waals surface area contributed by atoms with Crippen molar-refractivity contribution >= 4 is 17.5 Å². The second-order valence-electron chi connectivity index (χ2n) is 6.31. The van der Waals surface area contributed by atoms with Gasteiger partial charge in [0.25, 0.3) is 0 Å². The highest BCUT2D eigenvalue weighted by atomic mass is 16.3. The number of carbonyl (C=O) groups is 2. The Kier molecular flexibility index (Phi) is 6.59. The van der Waals surface area contributed by atoms with Gasteiger partial charge in [0.05, 0.1) is 0 Å². The zero-order valence-corrected chi connectivity index (χ0v) is 13.7. The number of carbonyl (C=O) groups excluding carboxylic acids is 2. The minimum absolute atomic E-state index is 0.0148. The fourth-order valence-electron chi connectivity index (χ4n) is 3.25. The lowest BCUT2D eigenvalue weighted by atomic mass is 9.82. The smallest absolute Gasteiger partial charge is 0.313 e. The van der Waals surface area contributed by atoms with Crippen LogP contribution >= 0.6 is 0 Å². The molecule has 5 nitrogen and oxygen atoms in total. The average molecular weight is 318 g/mol. The van der Waals surface area contributed by atoms with E-state index in [1.165, 1.54) is 6.42 Å². The Morgan fingerprint density at radius 2 is 1.96 bits per heavy atom. The number of hydrogen-bond donors (Lipinski definition) is 3. The van der Waals surface area contributed by atoms with Gasteiger partial charge >= 0.3 is 11.8 Å². The molecule has 0 radical (unpaired) electrons. The zero-order chi connectivity index (χ0) is 16.7. The summed E-state index contributed by atoms with van der Waals surface area (Å²) in [5.41, 5.74) is 1.63. The number of aliphatic hydroxyl groups is 1. The molecule has 1 aromatic carbocycles. The minimum Gasteiger partial charge on any atom is -0.396 e. The monoisotopic (exact) mass is 318 g/mol. The molecule has 5 heteroatoms. The quantitative estimate of drug-likeness (QED) is 0.729. The predicted molar refractivity (Wildman–Crippen MR) is 90.0 cm³/mol. The summed E-state index contributed by atoms with van der Waals surface area (Å²) in [4.78, 5) is 24.2. The van der Waals surface area contributed by atoms with Gasteiger partial charge in [-0.1, -0.05) is 31.4 Å². The van der Waals surface area contributed by atoms with Crippen molar-refractivity contribution in [2.75, 3.05) is 11.9 Å². The van der Waals surface area contributed by atoms with E-state index in [0.29, 0.717) is 18.0 Å². The van der Waals surface area contributed by atoms with E-state index < -0.39 is 11.8 Å². The van der Waals surface area contributed by atoms with Gasteiger partial charge in [-0.3, -0.25) is 9.59 Å². The third-order valence-electron chi connectivity index (χ3n) is 4.46. The lowest BCUT2D eigenvalue weighted by Gasteiger charge is -2.30. The van der Waals surface area contributed by atoms with E-state index in [9.17, 15) is 14.7 Å². The largest absolute Gasteiger partial charge is 0.396 e. The summed E-state index contributed by atoms with van der Waals surface area (Å²) in [6.45, 7) is 1.94. The van der Waals surface area contributed by atoms with Crippen molar-refractivity contribution in [3.05, 3.63) is 29.8 Å². The summed E-state index contributed by atoms with van der Waals surface area (Å²) < 4.78 is 0. The molecule has 0 aromatic heterocycles. The molecule has 1 aliphatic rings. The number of amides is 2. The van der Waals surface area contributed by atoms with Crippen LogP contribution in [0.5, 0.6) is 0 Å². The summed E-state index contributed by atoms with van der Waals surface area (Å²) in [6.07, 6.45) is 6.11. The fraction of sp³-hybridized carbons (Fsp3) is 0.556. The van der Waals surface area contributed by atoms with Crippen LogP contribution in [-0.2, 0) is 9.59 Å². The van der Waals surface area contributed by atoms with Crippen LogP contribution in [0.3, 0.4) is 0 Å². The molecule has 1 unspecified atom stereocenters. The Morgan fingerprint density at radius 1 is 1.22 bits per heavy atom. The van der Waals surface area contributed by atoms with Crippen molar-refractivity contribution in [1.29, 1.82) is 0 Å². The van der Waals surface area contributed by atoms with E-state index in [1.54, 1.807) is 6.07 Å². The lowest BCUT2D eigenvalue weighted by Crippen LogP contribution is -2.46. The van der Waals surface area contributed by atoms with Gasteiger partial charge in [0.15, 0.2) is 0 Å². The zero-order valence-electron chi connectivity index (χ0n) is 13.7. The Balaban J connectivity index is 1.93. The van der Waals surface area contributed by atoms with Gasteiger partial charge in [0, 0.05) is 18.3 Å². The maximum Gasteiger partial charge on any atom is 0.313 e. The Bertz CT molecular complexity index is 539. The van der Waals surface area contributed by atoms with Crippen molar-refractivity contribution < 1.29 is 14.7 Å². The van der Waals surface area contributed by atoms with Crippen LogP contribution in [0.25, 0.3) is 0 Å². The number of nitrogens with one attached hydrogen (secondary N) is 2. The van der Waals surface area contributed by atoms with Gasteiger partial charge in [0.2, 0.25) is 0 Å². The first-order chi connectivity index (χ1) is 11.1. The number of aryl methyl sites for hydroxylation is 1. The molecule has 3 N–H and O–H groups in total. The highest BCUT2D eigenvalue weighted by molar-refractivity contribution is 6.39. The number of benzene rings is 1. The van der Waals surface area contributed by atoms with E-state index in [2.05, 4.69) is 10.6 Å². The molecule has 2 amide bonds. The topological polar surface area (TPSA) is 78.4 Å². The van der Waals surface area contributed by atoms with Crippen molar-refractivity contribution in [1.82, 2.24) is 5.32 Å². The molecule has 1 aliphatic carbocycles. The highest BCUT2D eigenvalue weighted by Gasteiger charge is 2.26. The van der Waals surface area contributed by atoms with E-state index in [1.807, 2.05) is 25.1 Å². The van der Waals surface area contributed by atoms with Gasteiger partial charge in [-0.15, -0.1) is 0 Å². The normalized spacial score (nSPS) is 16.6. The van der Waals surface area contributed by atoms with Crippen molar-refractivity contribution in [2.24, 2.45) is 5.92 Å². The van der Waals surface area contributed by atoms with Gasteiger partial charge in [-0.2, -0.15) is 0 Å². The molecule has 1 fully saturated rings. The van der Waals surface area contributed by atoms with Crippen LogP contribution in [0, 0.1) is 12.8 Å². The number of anilines is 1. The standard InChI is InChI=1S/C18H26N2O3/c1-13-6-5-9-15(12-13)19-17(22)18(23)20-16(10-11-21)14-7-3-2-4-8-14/h5-6,9,12,14,16,21H,2-4,7-8,10-11H2,1H3,(H,19,22)(H,20,23). The van der Waals surface area contributed by atoms with Crippen molar-refractivity contribution in [3.8, 4) is 0 Å². The first-order valence-corrected chi connectivity index (χ1v) is 8.39. The summed E-state index contributed by atoms with van der Waals surface area (Å²) in [5.74, 6) is -0.934. The third-order valence-corrected chi connectivity index (χ3v) is 4.46. The molecule has 23 heavy (non-hydrogen) atoms. The summed E-state index contributed by atoms with van der Waals surface area (Å²) >= 11 is 0. The molecule has 0 saturated heterocycles. The molecule has 0 bridgehead atoms. The number of hydrogen-bond acceptors (Lipinski definition) is 3. The maximum absolute atomic E-state index is 12.2. The highest BCUT2D eigenvalue weighted by Crippen LogP contribution is 2.27. The maximum atomic E-state index is 12.2. The Hall–Kier alpha value is -1.88. The Morgan fingerprint density at radius 3 is 2.61 bits per heavy atom. The molecule has 1 atom stereocenters. The lowest BCUT2D eigenvalue weighted by molar-refractivity contribution is -0.137. The molecule has 1 aromatic rings. The van der Waals surface area contributed by atoms with Crippen LogP contribution in [0.2, 0.25) is 0 Å². The predicted octanol–water partition coefficient (Wildman–Crippen LogP) is 2.38. The summed E-state index contributed by atoms with van der Waals surface area (Å²) in [6, 6.07) is 7.20. The van der Waals surface area contributed by atoms with Crippen molar-refractivity contribution in [3.63, 3.8) is 0 Å². The molecular formula is C18H26N2O3. The van der Waals surface area contributed by atoms with Gasteiger partial charge < -0.3 is 15.7 Å². The molecule has 1 saturated carbocycles. The molecule has 0 aliphatic heterocycles. The minimum atomic E-state index is -0.658. The summed E-state index contributed by atoms with van der Waals surface area (Å²) in [7, 11) is 0. The second kappa shape index (κ2) is 8.67. The first-order valence-electron chi connectivity index (χ1n) is 8.39.